The number of benzene rings is 1. The van der Waals surface area contributed by atoms with Gasteiger partial charge in [-0.3, -0.25) is 4.99 Å². The molecule has 4 nitrogen and oxygen atoms in total. The maximum absolute atomic E-state index is 4.38. The van der Waals surface area contributed by atoms with E-state index >= 15 is 0 Å². The zero-order valence-electron chi connectivity index (χ0n) is 15.3. The number of nitrogens with one attached hydrogen (secondary N) is 2. The summed E-state index contributed by atoms with van der Waals surface area (Å²) in [6.07, 6.45) is 2.37. The van der Waals surface area contributed by atoms with E-state index in [-0.39, 0.29) is 0 Å². The molecule has 2 N–H and O–H groups in total. The van der Waals surface area contributed by atoms with Crippen molar-refractivity contribution in [3.63, 3.8) is 0 Å². The van der Waals surface area contributed by atoms with Gasteiger partial charge in [0.15, 0.2) is 5.96 Å². The van der Waals surface area contributed by atoms with Gasteiger partial charge < -0.3 is 15.5 Å². The van der Waals surface area contributed by atoms with E-state index in [0.29, 0.717) is 12.1 Å². The van der Waals surface area contributed by atoms with Gasteiger partial charge in [0, 0.05) is 38.8 Å². The number of rotatable bonds is 4. The third kappa shape index (κ3) is 5.24. The first-order valence-corrected chi connectivity index (χ1v) is 8.77. The summed E-state index contributed by atoms with van der Waals surface area (Å²) in [5.74, 6) is 0.910. The van der Waals surface area contributed by atoms with Gasteiger partial charge in [0.2, 0.25) is 0 Å². The molecule has 128 valence electrons. The molecule has 1 aromatic carbocycles. The molecule has 0 amide bonds. The van der Waals surface area contributed by atoms with Crippen molar-refractivity contribution in [1.82, 2.24) is 15.5 Å². The summed E-state index contributed by atoms with van der Waals surface area (Å²) in [5.41, 5.74) is 3.97. The Bertz CT molecular complexity index is 528. The number of hydrogen-bond acceptors (Lipinski definition) is 2. The number of aryl methyl sites for hydroxylation is 2. The van der Waals surface area contributed by atoms with Crippen LogP contribution in [0, 0.1) is 13.8 Å². The first kappa shape index (κ1) is 17.8. The van der Waals surface area contributed by atoms with Crippen LogP contribution in [0.15, 0.2) is 23.2 Å². The Morgan fingerprint density at radius 3 is 2.52 bits per heavy atom. The Morgan fingerprint density at radius 1 is 1.26 bits per heavy atom. The monoisotopic (exact) mass is 316 g/mol. The van der Waals surface area contributed by atoms with Crippen molar-refractivity contribution in [3.8, 4) is 0 Å². The molecule has 0 saturated carbocycles. The van der Waals surface area contributed by atoms with Gasteiger partial charge in [0.25, 0.3) is 0 Å². The Kier molecular flexibility index (Phi) is 6.46. The second-order valence-electron chi connectivity index (χ2n) is 6.90. The Balaban J connectivity index is 1.82. The normalized spacial score (nSPS) is 17.6. The fraction of sp³-hybridized carbons (Fsp3) is 0.632. The molecule has 0 aliphatic carbocycles. The predicted octanol–water partition coefficient (Wildman–Crippen LogP) is 2.84. The van der Waals surface area contributed by atoms with E-state index in [1.54, 1.807) is 0 Å². The van der Waals surface area contributed by atoms with Crippen LogP contribution in [0.4, 0.5) is 0 Å². The minimum absolute atomic E-state index is 0.523. The van der Waals surface area contributed by atoms with Crippen LogP contribution in [0.25, 0.3) is 0 Å². The number of hydrogen-bond donors (Lipinski definition) is 2. The number of guanidine groups is 1. The Morgan fingerprint density at radius 2 is 1.96 bits per heavy atom. The molecule has 0 unspecified atom stereocenters. The van der Waals surface area contributed by atoms with Crippen LogP contribution in [0.5, 0.6) is 0 Å². The van der Waals surface area contributed by atoms with Gasteiger partial charge >= 0.3 is 0 Å². The quantitative estimate of drug-likeness (QED) is 0.663. The van der Waals surface area contributed by atoms with Crippen molar-refractivity contribution in [1.29, 1.82) is 0 Å². The SMILES string of the molecule is CN=C(NCc1ccc(C)cc1C)NC1CCN(C(C)C)CC1. The number of nitrogens with zero attached hydrogens (tertiary/aromatic N) is 2. The fourth-order valence-corrected chi connectivity index (χ4v) is 3.17. The molecule has 1 fully saturated rings. The summed E-state index contributed by atoms with van der Waals surface area (Å²) in [6.45, 7) is 12.0. The maximum atomic E-state index is 4.38. The lowest BCUT2D eigenvalue weighted by Crippen LogP contribution is -2.49. The molecule has 23 heavy (non-hydrogen) atoms. The highest BCUT2D eigenvalue weighted by atomic mass is 15.2. The van der Waals surface area contributed by atoms with Gasteiger partial charge in [-0.05, 0) is 51.7 Å². The van der Waals surface area contributed by atoms with Crippen molar-refractivity contribution < 1.29 is 0 Å². The standard InChI is InChI=1S/C19H32N4/c1-14(2)23-10-8-18(9-11-23)22-19(20-5)21-13-17-7-6-15(3)12-16(17)4/h6-7,12,14,18H,8-11,13H2,1-5H3,(H2,20,21,22). The molecule has 0 bridgehead atoms. The highest BCUT2D eigenvalue weighted by Gasteiger charge is 2.21. The summed E-state index contributed by atoms with van der Waals surface area (Å²) in [5, 5.41) is 7.03. The van der Waals surface area contributed by atoms with Crippen molar-refractivity contribution >= 4 is 5.96 Å². The highest BCUT2D eigenvalue weighted by Crippen LogP contribution is 2.13. The van der Waals surface area contributed by atoms with Gasteiger partial charge in [-0.1, -0.05) is 23.8 Å². The second-order valence-corrected chi connectivity index (χ2v) is 6.90. The molecular formula is C19H32N4. The van der Waals surface area contributed by atoms with Gasteiger partial charge in [-0.2, -0.15) is 0 Å². The van der Waals surface area contributed by atoms with E-state index in [4.69, 9.17) is 0 Å². The number of likely N-dealkylation sites (tertiary alicyclic amines) is 1. The minimum Gasteiger partial charge on any atom is -0.354 e. The average molecular weight is 316 g/mol. The molecule has 0 atom stereocenters. The Labute approximate surface area is 141 Å². The second kappa shape index (κ2) is 8.34. The maximum Gasteiger partial charge on any atom is 0.191 e. The first-order chi connectivity index (χ1) is 11.0. The number of aliphatic imine (C=N–C) groups is 1. The lowest BCUT2D eigenvalue weighted by molar-refractivity contribution is 0.167. The molecule has 1 aliphatic heterocycles. The topological polar surface area (TPSA) is 39.7 Å². The zero-order chi connectivity index (χ0) is 16.8. The van der Waals surface area contributed by atoms with Crippen LogP contribution < -0.4 is 10.6 Å². The summed E-state index contributed by atoms with van der Waals surface area (Å²) in [4.78, 5) is 6.93. The minimum atomic E-state index is 0.523. The van der Waals surface area contributed by atoms with E-state index in [2.05, 4.69) is 66.4 Å². The van der Waals surface area contributed by atoms with Gasteiger partial charge in [0.05, 0.1) is 0 Å². The van der Waals surface area contributed by atoms with Crippen LogP contribution in [-0.2, 0) is 6.54 Å². The van der Waals surface area contributed by atoms with E-state index in [1.807, 2.05) is 7.05 Å². The lowest BCUT2D eigenvalue weighted by atomic mass is 10.0. The van der Waals surface area contributed by atoms with E-state index in [9.17, 15) is 0 Å². The first-order valence-electron chi connectivity index (χ1n) is 8.77. The smallest absolute Gasteiger partial charge is 0.191 e. The Hall–Kier alpha value is -1.55. The molecular weight excluding hydrogens is 284 g/mol. The molecule has 0 radical (unpaired) electrons. The fourth-order valence-electron chi connectivity index (χ4n) is 3.17. The van der Waals surface area contributed by atoms with Gasteiger partial charge in [-0.25, -0.2) is 0 Å². The molecule has 2 rings (SSSR count). The van der Waals surface area contributed by atoms with Crippen LogP contribution in [-0.4, -0.2) is 43.1 Å². The molecule has 1 saturated heterocycles. The third-order valence-corrected chi connectivity index (χ3v) is 4.77. The number of piperidine rings is 1. The van der Waals surface area contributed by atoms with Gasteiger partial charge in [-0.15, -0.1) is 0 Å². The molecule has 1 aliphatic rings. The average Bonchev–Trinajstić information content (AvgIpc) is 2.53. The largest absolute Gasteiger partial charge is 0.354 e. The van der Waals surface area contributed by atoms with E-state index in [1.165, 1.54) is 42.6 Å². The van der Waals surface area contributed by atoms with Crippen LogP contribution in [0.1, 0.15) is 43.4 Å². The summed E-state index contributed by atoms with van der Waals surface area (Å²) < 4.78 is 0. The zero-order valence-corrected chi connectivity index (χ0v) is 15.3. The van der Waals surface area contributed by atoms with Crippen molar-refractivity contribution in [2.75, 3.05) is 20.1 Å². The van der Waals surface area contributed by atoms with Gasteiger partial charge in [0.1, 0.15) is 0 Å². The summed E-state index contributed by atoms with van der Waals surface area (Å²) in [7, 11) is 1.85. The van der Waals surface area contributed by atoms with Crippen LogP contribution in [0.3, 0.4) is 0 Å². The molecule has 4 heteroatoms. The van der Waals surface area contributed by atoms with Crippen molar-refractivity contribution in [2.24, 2.45) is 4.99 Å². The molecule has 1 aromatic rings. The lowest BCUT2D eigenvalue weighted by Gasteiger charge is -2.35. The van der Waals surface area contributed by atoms with E-state index < -0.39 is 0 Å². The summed E-state index contributed by atoms with van der Waals surface area (Å²) >= 11 is 0. The van der Waals surface area contributed by atoms with Crippen molar-refractivity contribution in [2.45, 2.75) is 59.2 Å². The molecule has 0 aromatic heterocycles. The predicted molar refractivity (Wildman–Crippen MR) is 99.0 cm³/mol. The van der Waals surface area contributed by atoms with Crippen LogP contribution >= 0.6 is 0 Å². The van der Waals surface area contributed by atoms with E-state index in [0.717, 1.165) is 12.5 Å². The summed E-state index contributed by atoms with van der Waals surface area (Å²) in [6, 6.07) is 7.77. The molecule has 1 heterocycles. The van der Waals surface area contributed by atoms with Crippen molar-refractivity contribution in [3.05, 3.63) is 34.9 Å². The third-order valence-electron chi connectivity index (χ3n) is 4.77. The highest BCUT2D eigenvalue weighted by molar-refractivity contribution is 5.80. The molecule has 0 spiro atoms. The van der Waals surface area contributed by atoms with Crippen LogP contribution in [0.2, 0.25) is 0 Å².